The highest BCUT2D eigenvalue weighted by Crippen LogP contribution is 2.26. The summed E-state index contributed by atoms with van der Waals surface area (Å²) >= 11 is 0. The highest BCUT2D eigenvalue weighted by atomic mass is 16.2. The van der Waals surface area contributed by atoms with Crippen molar-refractivity contribution in [2.75, 3.05) is 6.54 Å². The van der Waals surface area contributed by atoms with Crippen molar-refractivity contribution >= 4 is 16.9 Å². The Morgan fingerprint density at radius 1 is 1.36 bits per heavy atom. The summed E-state index contributed by atoms with van der Waals surface area (Å²) in [7, 11) is 0. The smallest absolute Gasteiger partial charge is 0.255 e. The highest BCUT2D eigenvalue weighted by Gasteiger charge is 2.31. The van der Waals surface area contributed by atoms with E-state index in [0.29, 0.717) is 11.2 Å². The molecule has 1 aliphatic rings. The van der Waals surface area contributed by atoms with Crippen LogP contribution in [0.25, 0.3) is 11.0 Å². The van der Waals surface area contributed by atoms with E-state index in [4.69, 9.17) is 0 Å². The van der Waals surface area contributed by atoms with Crippen molar-refractivity contribution in [3.05, 3.63) is 41.0 Å². The number of amides is 1. The summed E-state index contributed by atoms with van der Waals surface area (Å²) in [5.41, 5.74) is 4.12. The van der Waals surface area contributed by atoms with Crippen molar-refractivity contribution in [3.8, 4) is 0 Å². The number of carbonyl (C=O) groups excluding carboxylic acids is 1. The second kappa shape index (κ2) is 5.98. The number of pyridine rings is 1. The molecule has 3 aromatic heterocycles. The third kappa shape index (κ3) is 2.79. The predicted octanol–water partition coefficient (Wildman–Crippen LogP) is 2.38. The van der Waals surface area contributed by atoms with Crippen molar-refractivity contribution in [3.63, 3.8) is 0 Å². The number of hydrogen-bond acceptors (Lipinski definition) is 4. The summed E-state index contributed by atoms with van der Waals surface area (Å²) in [5.74, 6) is 0.0615. The number of carbonyl (C=O) groups is 1. The first kappa shape index (κ1) is 15.8. The molecular formula is C18H22N6O. The van der Waals surface area contributed by atoms with Crippen molar-refractivity contribution in [1.82, 2.24) is 29.9 Å². The summed E-state index contributed by atoms with van der Waals surface area (Å²) in [6, 6.07) is 2.04. The van der Waals surface area contributed by atoms with Crippen LogP contribution in [0.2, 0.25) is 0 Å². The first-order valence-electron chi connectivity index (χ1n) is 8.65. The van der Waals surface area contributed by atoms with E-state index in [0.717, 1.165) is 48.3 Å². The fourth-order valence-electron chi connectivity index (χ4n) is 3.70. The first-order chi connectivity index (χ1) is 12.0. The second-order valence-electron chi connectivity index (χ2n) is 6.89. The third-order valence-corrected chi connectivity index (χ3v) is 4.86. The fraction of sp³-hybridized carbons (Fsp3) is 0.444. The molecule has 1 aliphatic heterocycles. The van der Waals surface area contributed by atoms with Crippen LogP contribution in [-0.2, 0) is 6.54 Å². The molecule has 7 heteroatoms. The van der Waals surface area contributed by atoms with E-state index in [-0.39, 0.29) is 11.9 Å². The van der Waals surface area contributed by atoms with Gasteiger partial charge in [0.05, 0.1) is 29.7 Å². The summed E-state index contributed by atoms with van der Waals surface area (Å²) in [6.07, 6.45) is 5.90. The number of rotatable bonds is 3. The number of nitrogens with one attached hydrogen (secondary N) is 1. The van der Waals surface area contributed by atoms with Crippen molar-refractivity contribution in [2.45, 2.75) is 46.2 Å². The van der Waals surface area contributed by atoms with Gasteiger partial charge >= 0.3 is 0 Å². The molecule has 4 rings (SSSR count). The van der Waals surface area contributed by atoms with Crippen LogP contribution in [-0.4, -0.2) is 48.4 Å². The Labute approximate surface area is 146 Å². The molecule has 0 saturated carbocycles. The molecule has 1 amide bonds. The Hall–Kier alpha value is -2.70. The molecule has 1 atom stereocenters. The van der Waals surface area contributed by atoms with Gasteiger partial charge in [-0.3, -0.25) is 14.6 Å². The number of aromatic amines is 1. The van der Waals surface area contributed by atoms with Crippen LogP contribution in [0.4, 0.5) is 0 Å². The summed E-state index contributed by atoms with van der Waals surface area (Å²) < 4.78 is 1.93. The number of likely N-dealkylation sites (tertiary alicyclic amines) is 1. The molecule has 1 fully saturated rings. The van der Waals surface area contributed by atoms with E-state index < -0.39 is 0 Å². The van der Waals surface area contributed by atoms with Crippen LogP contribution in [0.15, 0.2) is 18.5 Å². The van der Waals surface area contributed by atoms with Gasteiger partial charge in [-0.1, -0.05) is 0 Å². The van der Waals surface area contributed by atoms with E-state index in [1.165, 1.54) is 0 Å². The molecule has 0 bridgehead atoms. The van der Waals surface area contributed by atoms with Crippen LogP contribution in [0.3, 0.4) is 0 Å². The number of hydrogen-bond donors (Lipinski definition) is 1. The maximum absolute atomic E-state index is 13.3. The molecule has 1 N–H and O–H groups in total. The highest BCUT2D eigenvalue weighted by molar-refractivity contribution is 6.06. The average molecular weight is 338 g/mol. The number of H-pyrrole nitrogens is 1. The lowest BCUT2D eigenvalue weighted by molar-refractivity contribution is 0.0723. The largest absolute Gasteiger partial charge is 0.334 e. The topological polar surface area (TPSA) is 79.7 Å². The molecular weight excluding hydrogens is 316 g/mol. The lowest BCUT2D eigenvalue weighted by Gasteiger charge is -2.25. The van der Waals surface area contributed by atoms with E-state index in [9.17, 15) is 4.79 Å². The number of nitrogens with zero attached hydrogens (tertiary/aromatic N) is 5. The van der Waals surface area contributed by atoms with E-state index in [1.807, 2.05) is 48.8 Å². The molecule has 25 heavy (non-hydrogen) atoms. The number of aryl methyl sites for hydroxylation is 3. The second-order valence-corrected chi connectivity index (χ2v) is 6.89. The molecule has 0 aromatic carbocycles. The summed E-state index contributed by atoms with van der Waals surface area (Å²) in [5, 5.41) is 12.4. The van der Waals surface area contributed by atoms with Crippen LogP contribution in [0.1, 0.15) is 40.2 Å². The number of aromatic nitrogens is 5. The van der Waals surface area contributed by atoms with Crippen LogP contribution >= 0.6 is 0 Å². The van der Waals surface area contributed by atoms with Crippen LogP contribution in [0.5, 0.6) is 0 Å². The maximum Gasteiger partial charge on any atom is 0.255 e. The summed E-state index contributed by atoms with van der Waals surface area (Å²) in [4.78, 5) is 19.7. The van der Waals surface area contributed by atoms with Gasteiger partial charge in [0, 0.05) is 24.1 Å². The Balaban J connectivity index is 1.67. The van der Waals surface area contributed by atoms with Crippen LogP contribution in [0, 0.1) is 20.8 Å². The minimum Gasteiger partial charge on any atom is -0.334 e. The Morgan fingerprint density at radius 2 is 2.20 bits per heavy atom. The number of fused-ring (bicyclic) bond motifs is 1. The molecule has 0 radical (unpaired) electrons. The van der Waals surface area contributed by atoms with Gasteiger partial charge in [-0.2, -0.15) is 10.2 Å². The molecule has 1 saturated heterocycles. The first-order valence-corrected chi connectivity index (χ1v) is 8.65. The molecule has 0 aliphatic carbocycles. The van der Waals surface area contributed by atoms with Gasteiger partial charge in [-0.15, -0.1) is 0 Å². The van der Waals surface area contributed by atoms with Crippen molar-refractivity contribution < 1.29 is 4.79 Å². The SMILES string of the molecule is Cc1cnn(CC2CCCN2C(=O)c2cc(C)nc3n[nH]c(C)c23)c1. The lowest BCUT2D eigenvalue weighted by Crippen LogP contribution is -2.38. The molecule has 7 nitrogen and oxygen atoms in total. The molecule has 130 valence electrons. The minimum atomic E-state index is 0.0615. The third-order valence-electron chi connectivity index (χ3n) is 4.86. The van der Waals surface area contributed by atoms with Gasteiger partial charge in [0.25, 0.3) is 5.91 Å². The van der Waals surface area contributed by atoms with E-state index in [2.05, 4.69) is 20.3 Å². The molecule has 1 unspecified atom stereocenters. The zero-order valence-electron chi connectivity index (χ0n) is 14.8. The Kier molecular flexibility index (Phi) is 3.78. The van der Waals surface area contributed by atoms with E-state index in [1.54, 1.807) is 0 Å². The van der Waals surface area contributed by atoms with Gasteiger partial charge in [0.1, 0.15) is 0 Å². The van der Waals surface area contributed by atoms with Gasteiger partial charge in [0.15, 0.2) is 5.65 Å². The van der Waals surface area contributed by atoms with Crippen molar-refractivity contribution in [2.24, 2.45) is 0 Å². The Bertz CT molecular complexity index is 940. The zero-order valence-corrected chi connectivity index (χ0v) is 14.8. The minimum absolute atomic E-state index is 0.0615. The molecule has 4 heterocycles. The maximum atomic E-state index is 13.3. The Morgan fingerprint density at radius 3 is 2.96 bits per heavy atom. The van der Waals surface area contributed by atoms with Crippen molar-refractivity contribution in [1.29, 1.82) is 0 Å². The average Bonchev–Trinajstić information content (AvgIpc) is 3.28. The predicted molar refractivity (Wildman–Crippen MR) is 94.4 cm³/mol. The summed E-state index contributed by atoms with van der Waals surface area (Å²) in [6.45, 7) is 7.37. The quantitative estimate of drug-likeness (QED) is 0.795. The van der Waals surface area contributed by atoms with Gasteiger partial charge in [-0.25, -0.2) is 4.98 Å². The fourth-order valence-corrected chi connectivity index (χ4v) is 3.70. The normalized spacial score (nSPS) is 17.6. The van der Waals surface area contributed by atoms with Gasteiger partial charge in [0.2, 0.25) is 0 Å². The van der Waals surface area contributed by atoms with Gasteiger partial charge < -0.3 is 4.90 Å². The standard InChI is InChI=1S/C18H22N6O/c1-11-8-19-23(9-11)10-14-5-4-6-24(14)18(25)15-7-12(2)20-17-16(15)13(3)21-22-17/h7-9,14H,4-6,10H2,1-3H3,(H,20,21,22). The monoisotopic (exact) mass is 338 g/mol. The van der Waals surface area contributed by atoms with E-state index >= 15 is 0 Å². The molecule has 3 aromatic rings. The lowest BCUT2D eigenvalue weighted by atomic mass is 10.1. The van der Waals surface area contributed by atoms with Crippen LogP contribution < -0.4 is 0 Å². The van der Waals surface area contributed by atoms with Gasteiger partial charge in [-0.05, 0) is 45.2 Å². The molecule has 0 spiro atoms. The zero-order chi connectivity index (χ0) is 17.6.